The first-order valence-corrected chi connectivity index (χ1v) is 8.95. The molecule has 1 amide bonds. The zero-order chi connectivity index (χ0) is 17.8. The van der Waals surface area contributed by atoms with Gasteiger partial charge in [0.15, 0.2) is 0 Å². The monoisotopic (exact) mass is 346 g/mol. The largest absolute Gasteiger partial charge is 0.345 e. The summed E-state index contributed by atoms with van der Waals surface area (Å²) >= 11 is 0. The van der Waals surface area contributed by atoms with Crippen molar-refractivity contribution in [3.05, 3.63) is 78.2 Å². The highest BCUT2D eigenvalue weighted by Gasteiger charge is 2.24. The van der Waals surface area contributed by atoms with Crippen molar-refractivity contribution in [2.75, 3.05) is 19.6 Å². The number of benzene rings is 2. The van der Waals surface area contributed by atoms with E-state index in [0.29, 0.717) is 6.04 Å². The molecule has 1 aliphatic heterocycles. The maximum absolute atomic E-state index is 12.9. The Kier molecular flexibility index (Phi) is 4.80. The Balaban J connectivity index is 1.42. The minimum absolute atomic E-state index is 0.0979. The molecule has 1 atom stereocenters. The number of nitrogens with one attached hydrogen (secondary N) is 2. The number of hydrogen-bond acceptors (Lipinski definition) is 3. The van der Waals surface area contributed by atoms with Crippen LogP contribution in [0.4, 0.5) is 0 Å². The number of rotatable bonds is 4. The van der Waals surface area contributed by atoms with E-state index in [2.05, 4.69) is 39.6 Å². The van der Waals surface area contributed by atoms with Crippen LogP contribution in [-0.2, 0) is 6.42 Å². The van der Waals surface area contributed by atoms with Gasteiger partial charge in [0.1, 0.15) is 0 Å². The third kappa shape index (κ3) is 3.68. The van der Waals surface area contributed by atoms with Crippen molar-refractivity contribution in [2.24, 2.45) is 0 Å². The minimum Gasteiger partial charge on any atom is -0.345 e. The van der Waals surface area contributed by atoms with Crippen LogP contribution >= 0.6 is 0 Å². The van der Waals surface area contributed by atoms with Gasteiger partial charge in [-0.3, -0.25) is 4.79 Å². The van der Waals surface area contributed by atoms with Gasteiger partial charge in [-0.05, 0) is 29.7 Å². The molecule has 4 rings (SSSR count). The smallest absolute Gasteiger partial charge is 0.253 e. The molecule has 1 fully saturated rings. The summed E-state index contributed by atoms with van der Waals surface area (Å²) in [6, 6.07) is 18.4. The molecule has 2 heterocycles. The van der Waals surface area contributed by atoms with E-state index in [1.807, 2.05) is 35.2 Å². The first-order chi connectivity index (χ1) is 12.8. The van der Waals surface area contributed by atoms with Gasteiger partial charge in [0, 0.05) is 31.2 Å². The first kappa shape index (κ1) is 16.5. The number of nitrogens with zero attached hydrogens (tertiary/aromatic N) is 2. The van der Waals surface area contributed by atoms with Crippen LogP contribution in [-0.4, -0.2) is 46.5 Å². The number of H-pyrrole nitrogens is 1. The number of carbonyl (C=O) groups is 1. The van der Waals surface area contributed by atoms with Gasteiger partial charge in [0.05, 0.1) is 18.2 Å². The van der Waals surface area contributed by atoms with Crippen molar-refractivity contribution in [3.8, 4) is 11.3 Å². The fraction of sp³-hybridized carbons (Fsp3) is 0.238. The quantitative estimate of drug-likeness (QED) is 0.764. The van der Waals surface area contributed by atoms with E-state index in [9.17, 15) is 4.79 Å². The molecule has 0 spiro atoms. The highest BCUT2D eigenvalue weighted by Crippen LogP contribution is 2.18. The summed E-state index contributed by atoms with van der Waals surface area (Å²) in [6.07, 6.45) is 4.37. The van der Waals surface area contributed by atoms with Crippen molar-refractivity contribution in [1.29, 1.82) is 0 Å². The average molecular weight is 346 g/mol. The summed E-state index contributed by atoms with van der Waals surface area (Å²) in [4.78, 5) is 21.9. The second-order valence-corrected chi connectivity index (χ2v) is 6.63. The maximum Gasteiger partial charge on any atom is 0.253 e. The van der Waals surface area contributed by atoms with E-state index in [0.717, 1.165) is 42.9 Å². The predicted octanol–water partition coefficient (Wildman–Crippen LogP) is 2.73. The van der Waals surface area contributed by atoms with E-state index in [1.165, 1.54) is 5.56 Å². The maximum atomic E-state index is 12.9. The number of carbonyl (C=O) groups excluding carboxylic acids is 1. The zero-order valence-corrected chi connectivity index (χ0v) is 14.6. The molecule has 0 saturated carbocycles. The van der Waals surface area contributed by atoms with Gasteiger partial charge in [-0.1, -0.05) is 42.5 Å². The highest BCUT2D eigenvalue weighted by atomic mass is 16.2. The summed E-state index contributed by atoms with van der Waals surface area (Å²) in [6.45, 7) is 2.30. The van der Waals surface area contributed by atoms with Gasteiger partial charge in [-0.2, -0.15) is 0 Å². The molecule has 1 aromatic heterocycles. The molecule has 2 N–H and O–H groups in total. The summed E-state index contributed by atoms with van der Waals surface area (Å²) in [7, 11) is 0. The predicted molar refractivity (Wildman–Crippen MR) is 102 cm³/mol. The lowest BCUT2D eigenvalue weighted by Crippen LogP contribution is -2.53. The number of aromatic nitrogens is 2. The Hall–Kier alpha value is -2.92. The van der Waals surface area contributed by atoms with Crippen LogP contribution in [0.1, 0.15) is 15.9 Å². The van der Waals surface area contributed by atoms with Crippen molar-refractivity contribution in [3.63, 3.8) is 0 Å². The molecule has 26 heavy (non-hydrogen) atoms. The van der Waals surface area contributed by atoms with E-state index >= 15 is 0 Å². The number of piperazine rings is 1. The van der Waals surface area contributed by atoms with Gasteiger partial charge >= 0.3 is 0 Å². The molecular weight excluding hydrogens is 324 g/mol. The van der Waals surface area contributed by atoms with Crippen molar-refractivity contribution in [2.45, 2.75) is 12.5 Å². The van der Waals surface area contributed by atoms with Crippen LogP contribution in [0, 0.1) is 0 Å². The van der Waals surface area contributed by atoms with Crippen molar-refractivity contribution in [1.82, 2.24) is 20.2 Å². The highest BCUT2D eigenvalue weighted by molar-refractivity contribution is 5.94. The van der Waals surface area contributed by atoms with Crippen LogP contribution in [0.3, 0.4) is 0 Å². The van der Waals surface area contributed by atoms with Gasteiger partial charge in [0.25, 0.3) is 5.91 Å². The standard InChI is InChI=1S/C21H22N4O/c26-21(18-8-6-17(7-9-18)20-13-22-15-24-20)25-11-10-23-19(14-25)12-16-4-2-1-3-5-16/h1-9,13,15,19,23H,10-12,14H2,(H,22,24). The Morgan fingerprint density at radius 1 is 1.12 bits per heavy atom. The molecule has 1 unspecified atom stereocenters. The van der Waals surface area contributed by atoms with Crippen LogP contribution in [0.25, 0.3) is 11.3 Å². The molecule has 5 heteroatoms. The number of imidazole rings is 1. The lowest BCUT2D eigenvalue weighted by molar-refractivity contribution is 0.0703. The van der Waals surface area contributed by atoms with Crippen LogP contribution in [0.5, 0.6) is 0 Å². The van der Waals surface area contributed by atoms with Crippen LogP contribution in [0.2, 0.25) is 0 Å². The summed E-state index contributed by atoms with van der Waals surface area (Å²) in [5.41, 5.74) is 4.01. The fourth-order valence-electron chi connectivity index (χ4n) is 3.43. The SMILES string of the molecule is O=C(c1ccc(-c2cnc[nH]2)cc1)N1CCNC(Cc2ccccc2)C1. The molecule has 1 aliphatic rings. The Morgan fingerprint density at radius 3 is 2.65 bits per heavy atom. The third-order valence-corrected chi connectivity index (χ3v) is 4.81. The first-order valence-electron chi connectivity index (χ1n) is 8.95. The molecule has 3 aromatic rings. The number of hydrogen-bond donors (Lipinski definition) is 2. The second kappa shape index (κ2) is 7.54. The van der Waals surface area contributed by atoms with Crippen molar-refractivity contribution < 1.29 is 4.79 Å². The summed E-state index contributed by atoms with van der Waals surface area (Å²) < 4.78 is 0. The van der Waals surface area contributed by atoms with E-state index in [1.54, 1.807) is 12.5 Å². The number of aromatic amines is 1. The molecule has 0 aliphatic carbocycles. The molecule has 132 valence electrons. The lowest BCUT2D eigenvalue weighted by Gasteiger charge is -2.34. The van der Waals surface area contributed by atoms with E-state index in [4.69, 9.17) is 0 Å². The minimum atomic E-state index is 0.0979. The molecule has 0 radical (unpaired) electrons. The lowest BCUT2D eigenvalue weighted by atomic mass is 10.0. The molecule has 2 aromatic carbocycles. The molecule has 5 nitrogen and oxygen atoms in total. The zero-order valence-electron chi connectivity index (χ0n) is 14.6. The van der Waals surface area contributed by atoms with Crippen LogP contribution < -0.4 is 5.32 Å². The van der Waals surface area contributed by atoms with Crippen LogP contribution in [0.15, 0.2) is 67.1 Å². The molecule has 0 bridgehead atoms. The Bertz CT molecular complexity index is 843. The second-order valence-electron chi connectivity index (χ2n) is 6.63. The summed E-state index contributed by atoms with van der Waals surface area (Å²) in [5.74, 6) is 0.0979. The molecule has 1 saturated heterocycles. The Morgan fingerprint density at radius 2 is 1.92 bits per heavy atom. The summed E-state index contributed by atoms with van der Waals surface area (Å²) in [5, 5.41) is 3.53. The van der Waals surface area contributed by atoms with Crippen molar-refractivity contribution >= 4 is 5.91 Å². The van der Waals surface area contributed by atoms with Gasteiger partial charge in [0.2, 0.25) is 0 Å². The molecular formula is C21H22N4O. The van der Waals surface area contributed by atoms with Gasteiger partial charge in [-0.25, -0.2) is 4.98 Å². The average Bonchev–Trinajstić information content (AvgIpc) is 3.23. The fourth-order valence-corrected chi connectivity index (χ4v) is 3.43. The van der Waals surface area contributed by atoms with Gasteiger partial charge < -0.3 is 15.2 Å². The van der Waals surface area contributed by atoms with Gasteiger partial charge in [-0.15, -0.1) is 0 Å². The normalized spacial score (nSPS) is 17.2. The Labute approximate surface area is 153 Å². The topological polar surface area (TPSA) is 61.0 Å². The van der Waals surface area contributed by atoms with E-state index in [-0.39, 0.29) is 5.91 Å². The number of amides is 1. The van der Waals surface area contributed by atoms with E-state index < -0.39 is 0 Å². The third-order valence-electron chi connectivity index (χ3n) is 4.81.